The molecule has 0 unspecified atom stereocenters. The van der Waals surface area contributed by atoms with Crippen molar-refractivity contribution in [3.63, 3.8) is 0 Å². The van der Waals surface area contributed by atoms with Gasteiger partial charge in [-0.3, -0.25) is 14.4 Å². The first-order valence-corrected chi connectivity index (χ1v) is 9.22. The highest BCUT2D eigenvalue weighted by Crippen LogP contribution is 2.13. The fraction of sp³-hybridized carbons (Fsp3) is 0.438. The third-order valence-electron chi connectivity index (χ3n) is 3.30. The fourth-order valence-corrected chi connectivity index (χ4v) is 2.78. The summed E-state index contributed by atoms with van der Waals surface area (Å²) in [5.74, 6) is -0.878. The van der Waals surface area contributed by atoms with Crippen LogP contribution in [0.3, 0.4) is 0 Å². The molecular weight excluding hydrogens is 368 g/mol. The van der Waals surface area contributed by atoms with Gasteiger partial charge in [0.15, 0.2) is 6.61 Å². The Morgan fingerprint density at radius 1 is 1.16 bits per heavy atom. The van der Waals surface area contributed by atoms with E-state index < -0.39 is 5.97 Å². The van der Waals surface area contributed by atoms with E-state index >= 15 is 0 Å². The van der Waals surface area contributed by atoms with Crippen molar-refractivity contribution in [2.75, 3.05) is 49.7 Å². The zero-order valence-corrected chi connectivity index (χ0v) is 15.1. The van der Waals surface area contributed by atoms with Crippen LogP contribution in [0.5, 0.6) is 0 Å². The van der Waals surface area contributed by atoms with Gasteiger partial charge in [0, 0.05) is 23.8 Å². The van der Waals surface area contributed by atoms with Crippen LogP contribution >= 0.6 is 23.4 Å². The van der Waals surface area contributed by atoms with E-state index in [9.17, 15) is 14.4 Å². The maximum atomic E-state index is 11.8. The molecule has 0 bridgehead atoms. The van der Waals surface area contributed by atoms with E-state index in [1.54, 1.807) is 29.2 Å². The summed E-state index contributed by atoms with van der Waals surface area (Å²) in [5, 5.41) is 3.28. The molecule has 1 saturated heterocycles. The second-order valence-electron chi connectivity index (χ2n) is 5.20. The molecular formula is C16H19ClN2O5S. The number of carbonyl (C=O) groups is 3. The van der Waals surface area contributed by atoms with Crippen LogP contribution in [0.15, 0.2) is 24.3 Å². The van der Waals surface area contributed by atoms with Gasteiger partial charge in [-0.25, -0.2) is 0 Å². The highest BCUT2D eigenvalue weighted by atomic mass is 35.5. The Hall–Kier alpha value is -1.77. The molecule has 2 rings (SSSR count). The zero-order valence-electron chi connectivity index (χ0n) is 13.5. The number of benzene rings is 1. The number of nitrogens with zero attached hydrogens (tertiary/aromatic N) is 1. The van der Waals surface area contributed by atoms with E-state index in [0.717, 1.165) is 11.8 Å². The number of thioether (sulfide) groups is 1. The Morgan fingerprint density at radius 2 is 1.84 bits per heavy atom. The minimum Gasteiger partial charge on any atom is -0.455 e. The number of amides is 2. The topological polar surface area (TPSA) is 84.9 Å². The number of morpholine rings is 1. The minimum atomic E-state index is -0.522. The predicted octanol–water partition coefficient (Wildman–Crippen LogP) is 1.41. The van der Waals surface area contributed by atoms with Crippen molar-refractivity contribution in [2.24, 2.45) is 0 Å². The number of esters is 1. The number of hydrogen-bond acceptors (Lipinski definition) is 6. The van der Waals surface area contributed by atoms with Crippen molar-refractivity contribution in [2.45, 2.75) is 0 Å². The molecule has 7 nitrogen and oxygen atoms in total. The van der Waals surface area contributed by atoms with Crippen molar-refractivity contribution in [3.8, 4) is 0 Å². The maximum Gasteiger partial charge on any atom is 0.316 e. The molecule has 1 aliphatic rings. The molecule has 1 fully saturated rings. The Bertz CT molecular complexity index is 605. The number of anilines is 1. The first-order chi connectivity index (χ1) is 12.0. The average molecular weight is 387 g/mol. The highest BCUT2D eigenvalue weighted by Gasteiger charge is 2.18. The van der Waals surface area contributed by atoms with Crippen LogP contribution in [-0.2, 0) is 23.9 Å². The van der Waals surface area contributed by atoms with Crippen LogP contribution < -0.4 is 5.32 Å². The predicted molar refractivity (Wildman–Crippen MR) is 95.8 cm³/mol. The van der Waals surface area contributed by atoms with E-state index in [-0.39, 0.29) is 29.9 Å². The van der Waals surface area contributed by atoms with Gasteiger partial charge in [0.1, 0.15) is 0 Å². The Balaban J connectivity index is 1.59. The lowest BCUT2D eigenvalue weighted by atomic mass is 10.3. The second-order valence-corrected chi connectivity index (χ2v) is 6.62. The number of nitrogens with one attached hydrogen (secondary N) is 1. The van der Waals surface area contributed by atoms with E-state index in [0.29, 0.717) is 37.0 Å². The summed E-state index contributed by atoms with van der Waals surface area (Å²) < 4.78 is 10.1. The molecule has 2 amide bonds. The standard InChI is InChI=1S/C16H19ClN2O5S/c17-12-1-3-13(4-2-12)18-14(20)10-25-11-16(22)24-9-15(21)19-5-7-23-8-6-19/h1-4H,5-11H2,(H,18,20). The number of halogens is 1. The van der Waals surface area contributed by atoms with Crippen LogP contribution in [0.4, 0.5) is 5.69 Å². The van der Waals surface area contributed by atoms with E-state index in [2.05, 4.69) is 5.32 Å². The van der Waals surface area contributed by atoms with Crippen LogP contribution in [0.2, 0.25) is 5.02 Å². The molecule has 136 valence electrons. The van der Waals surface area contributed by atoms with Crippen LogP contribution in [0, 0.1) is 0 Å². The third-order valence-corrected chi connectivity index (χ3v) is 4.46. The molecule has 25 heavy (non-hydrogen) atoms. The van der Waals surface area contributed by atoms with Gasteiger partial charge in [-0.2, -0.15) is 0 Å². The van der Waals surface area contributed by atoms with E-state index in [4.69, 9.17) is 21.1 Å². The molecule has 1 aromatic rings. The molecule has 0 aliphatic carbocycles. The molecule has 1 aliphatic heterocycles. The van der Waals surface area contributed by atoms with E-state index in [1.807, 2.05) is 0 Å². The first-order valence-electron chi connectivity index (χ1n) is 7.69. The van der Waals surface area contributed by atoms with Gasteiger partial charge in [0.25, 0.3) is 5.91 Å². The second kappa shape index (κ2) is 10.3. The van der Waals surface area contributed by atoms with Crippen molar-refractivity contribution >= 4 is 46.8 Å². The Labute approximate surface area is 155 Å². The number of carbonyl (C=O) groups excluding carboxylic acids is 3. The fourth-order valence-electron chi connectivity index (χ4n) is 2.05. The minimum absolute atomic E-state index is 0.00439. The lowest BCUT2D eigenvalue weighted by molar-refractivity contribution is -0.151. The molecule has 0 saturated carbocycles. The first kappa shape index (κ1) is 19.6. The summed E-state index contributed by atoms with van der Waals surface area (Å²) >= 11 is 6.89. The molecule has 0 radical (unpaired) electrons. The summed E-state index contributed by atoms with van der Waals surface area (Å²) in [7, 11) is 0. The summed E-state index contributed by atoms with van der Waals surface area (Å²) in [5.41, 5.74) is 0.633. The van der Waals surface area contributed by atoms with Crippen molar-refractivity contribution in [1.29, 1.82) is 0 Å². The van der Waals surface area contributed by atoms with Gasteiger partial charge in [0.05, 0.1) is 24.7 Å². The van der Waals surface area contributed by atoms with E-state index in [1.165, 1.54) is 0 Å². The maximum absolute atomic E-state index is 11.8. The molecule has 1 heterocycles. The smallest absolute Gasteiger partial charge is 0.316 e. The number of rotatable bonds is 7. The van der Waals surface area contributed by atoms with Crippen molar-refractivity contribution in [1.82, 2.24) is 4.90 Å². The van der Waals surface area contributed by atoms with Crippen LogP contribution in [0.25, 0.3) is 0 Å². The Morgan fingerprint density at radius 3 is 2.52 bits per heavy atom. The summed E-state index contributed by atoms with van der Waals surface area (Å²) in [6.07, 6.45) is 0. The molecule has 0 atom stereocenters. The monoisotopic (exact) mass is 386 g/mol. The summed E-state index contributed by atoms with van der Waals surface area (Å²) in [6.45, 7) is 1.74. The van der Waals surface area contributed by atoms with Gasteiger partial charge in [-0.15, -0.1) is 11.8 Å². The molecule has 1 N–H and O–H groups in total. The summed E-state index contributed by atoms with van der Waals surface area (Å²) in [4.78, 5) is 36.8. The molecule has 0 aromatic heterocycles. The average Bonchev–Trinajstić information content (AvgIpc) is 2.62. The van der Waals surface area contributed by atoms with Crippen LogP contribution in [0.1, 0.15) is 0 Å². The highest BCUT2D eigenvalue weighted by molar-refractivity contribution is 8.00. The van der Waals surface area contributed by atoms with Crippen LogP contribution in [-0.4, -0.2) is 67.1 Å². The van der Waals surface area contributed by atoms with Gasteiger partial charge < -0.3 is 19.7 Å². The van der Waals surface area contributed by atoms with Crippen molar-refractivity contribution < 1.29 is 23.9 Å². The van der Waals surface area contributed by atoms with Gasteiger partial charge in [-0.1, -0.05) is 11.6 Å². The SMILES string of the molecule is O=C(CSCC(=O)OCC(=O)N1CCOCC1)Nc1ccc(Cl)cc1. The largest absolute Gasteiger partial charge is 0.455 e. The Kier molecular flexibility index (Phi) is 8.03. The molecule has 0 spiro atoms. The number of hydrogen-bond donors (Lipinski definition) is 1. The van der Waals surface area contributed by atoms with Gasteiger partial charge in [0.2, 0.25) is 5.91 Å². The zero-order chi connectivity index (χ0) is 18.1. The lowest BCUT2D eigenvalue weighted by Crippen LogP contribution is -2.42. The van der Waals surface area contributed by atoms with Crippen molar-refractivity contribution in [3.05, 3.63) is 29.3 Å². The summed E-state index contributed by atoms with van der Waals surface area (Å²) in [6, 6.07) is 6.73. The lowest BCUT2D eigenvalue weighted by Gasteiger charge is -2.26. The van der Waals surface area contributed by atoms with Gasteiger partial charge >= 0.3 is 5.97 Å². The number of ether oxygens (including phenoxy) is 2. The molecule has 9 heteroatoms. The molecule has 1 aromatic carbocycles. The normalized spacial score (nSPS) is 14.0. The quantitative estimate of drug-likeness (QED) is 0.713. The third kappa shape index (κ3) is 7.33. The van der Waals surface area contributed by atoms with Gasteiger partial charge in [-0.05, 0) is 24.3 Å².